The highest BCUT2D eigenvalue weighted by molar-refractivity contribution is 6.31. The van der Waals surface area contributed by atoms with E-state index in [1.165, 1.54) is 36.4 Å². The molecule has 9 heteroatoms. The summed E-state index contributed by atoms with van der Waals surface area (Å²) >= 11 is 6.00. The number of halogens is 2. The van der Waals surface area contributed by atoms with Crippen molar-refractivity contribution >= 4 is 29.0 Å². The van der Waals surface area contributed by atoms with Crippen molar-refractivity contribution < 1.29 is 18.7 Å². The number of carbonyl (C=O) groups is 2. The zero-order chi connectivity index (χ0) is 19.4. The van der Waals surface area contributed by atoms with E-state index in [1.807, 2.05) is 0 Å². The number of hydrogen-bond acceptors (Lipinski definition) is 5. The van der Waals surface area contributed by atoms with Crippen LogP contribution in [-0.2, 0) is 4.79 Å². The van der Waals surface area contributed by atoms with Gasteiger partial charge in [0.1, 0.15) is 24.2 Å². The van der Waals surface area contributed by atoms with E-state index < -0.39 is 17.5 Å². The Hall–Kier alpha value is -3.26. The minimum absolute atomic E-state index is 0.0387. The van der Waals surface area contributed by atoms with Crippen LogP contribution in [0.25, 0.3) is 5.69 Å². The molecule has 7 nitrogen and oxygen atoms in total. The van der Waals surface area contributed by atoms with Crippen molar-refractivity contribution in [3.05, 3.63) is 65.5 Å². The second kappa shape index (κ2) is 7.96. The van der Waals surface area contributed by atoms with Gasteiger partial charge >= 0.3 is 0 Å². The first-order valence-electron chi connectivity index (χ1n) is 7.82. The maximum absolute atomic E-state index is 13.8. The number of hydrogen-bond donors (Lipinski definition) is 1. The number of ether oxygens (including phenoxy) is 1. The minimum Gasteiger partial charge on any atom is -0.484 e. The Kier molecular flexibility index (Phi) is 5.46. The lowest BCUT2D eigenvalue weighted by molar-refractivity contribution is -0.118. The van der Waals surface area contributed by atoms with E-state index in [9.17, 15) is 14.0 Å². The minimum atomic E-state index is -0.705. The van der Waals surface area contributed by atoms with Crippen molar-refractivity contribution in [2.75, 3.05) is 11.9 Å². The van der Waals surface area contributed by atoms with E-state index in [-0.39, 0.29) is 17.9 Å². The first-order valence-corrected chi connectivity index (χ1v) is 8.19. The summed E-state index contributed by atoms with van der Waals surface area (Å²) < 4.78 is 20.6. The molecule has 0 aliphatic carbocycles. The average Bonchev–Trinajstić information content (AvgIpc) is 3.14. The van der Waals surface area contributed by atoms with Gasteiger partial charge in [-0.25, -0.2) is 14.1 Å². The molecule has 1 heterocycles. The normalized spacial score (nSPS) is 10.5. The quantitative estimate of drug-likeness (QED) is 0.655. The Morgan fingerprint density at radius 1 is 1.26 bits per heavy atom. The van der Waals surface area contributed by atoms with E-state index in [1.54, 1.807) is 18.2 Å². The summed E-state index contributed by atoms with van der Waals surface area (Å²) in [6.45, 7) is 0.909. The smallest absolute Gasteiger partial charge is 0.262 e. The second-order valence-electron chi connectivity index (χ2n) is 5.54. The SMILES string of the molecule is CC(=O)c1ccc(OCC(=O)Nc2cc(Cl)ccc2-n2cncn2)cc1F. The largest absolute Gasteiger partial charge is 0.484 e. The van der Waals surface area contributed by atoms with Crippen molar-refractivity contribution in [1.82, 2.24) is 14.8 Å². The predicted octanol–water partition coefficient (Wildman–Crippen LogP) is 3.28. The van der Waals surface area contributed by atoms with E-state index in [0.29, 0.717) is 16.4 Å². The van der Waals surface area contributed by atoms with Crippen molar-refractivity contribution in [3.8, 4) is 11.4 Å². The van der Waals surface area contributed by atoms with Gasteiger partial charge in [0, 0.05) is 11.1 Å². The van der Waals surface area contributed by atoms with Gasteiger partial charge < -0.3 is 10.1 Å². The number of amides is 1. The molecular weight excluding hydrogens is 375 g/mol. The lowest BCUT2D eigenvalue weighted by Gasteiger charge is -2.12. The van der Waals surface area contributed by atoms with E-state index >= 15 is 0 Å². The molecule has 0 saturated carbocycles. The number of benzene rings is 2. The average molecular weight is 389 g/mol. The number of nitrogens with one attached hydrogen (secondary N) is 1. The van der Waals surface area contributed by atoms with Gasteiger partial charge in [-0.05, 0) is 37.3 Å². The van der Waals surface area contributed by atoms with Crippen LogP contribution in [0, 0.1) is 5.82 Å². The van der Waals surface area contributed by atoms with Gasteiger partial charge in [-0.3, -0.25) is 9.59 Å². The summed E-state index contributed by atoms with van der Waals surface area (Å²) in [5.41, 5.74) is 0.949. The van der Waals surface area contributed by atoms with Crippen molar-refractivity contribution in [2.45, 2.75) is 6.92 Å². The standard InChI is InChI=1S/C18H14ClFN4O3/c1-11(25)14-4-3-13(7-15(14)20)27-8-18(26)23-16-6-12(19)2-5-17(16)24-10-21-9-22-24/h2-7,9-10H,8H2,1H3,(H,23,26). The highest BCUT2D eigenvalue weighted by Gasteiger charge is 2.12. The van der Waals surface area contributed by atoms with E-state index in [4.69, 9.17) is 16.3 Å². The summed E-state index contributed by atoms with van der Waals surface area (Å²) in [6, 6.07) is 8.70. The van der Waals surface area contributed by atoms with Crippen LogP contribution in [0.3, 0.4) is 0 Å². The monoisotopic (exact) mass is 388 g/mol. The fourth-order valence-corrected chi connectivity index (χ4v) is 2.52. The fraction of sp³-hybridized carbons (Fsp3) is 0.111. The number of aromatic nitrogens is 3. The van der Waals surface area contributed by atoms with Crippen LogP contribution in [0.1, 0.15) is 17.3 Å². The predicted molar refractivity (Wildman–Crippen MR) is 96.9 cm³/mol. The number of ketones is 1. The Balaban J connectivity index is 1.69. The molecule has 1 aromatic heterocycles. The molecule has 27 heavy (non-hydrogen) atoms. The molecule has 1 N–H and O–H groups in total. The molecule has 0 saturated heterocycles. The summed E-state index contributed by atoms with van der Waals surface area (Å²) in [4.78, 5) is 27.3. The molecule has 3 rings (SSSR count). The number of nitrogens with zero attached hydrogens (tertiary/aromatic N) is 3. The van der Waals surface area contributed by atoms with Crippen molar-refractivity contribution in [3.63, 3.8) is 0 Å². The number of carbonyl (C=O) groups excluding carboxylic acids is 2. The van der Waals surface area contributed by atoms with Gasteiger partial charge in [-0.1, -0.05) is 11.6 Å². The Morgan fingerprint density at radius 3 is 2.74 bits per heavy atom. The molecule has 0 aliphatic heterocycles. The topological polar surface area (TPSA) is 86.1 Å². The molecule has 0 radical (unpaired) electrons. The molecule has 0 bridgehead atoms. The summed E-state index contributed by atoms with van der Waals surface area (Å²) in [5.74, 6) is -1.44. The first kappa shape index (κ1) is 18.5. The Labute approximate surface area is 158 Å². The van der Waals surface area contributed by atoms with Gasteiger partial charge in [-0.15, -0.1) is 0 Å². The van der Waals surface area contributed by atoms with Gasteiger partial charge in [0.2, 0.25) is 0 Å². The lowest BCUT2D eigenvalue weighted by atomic mass is 10.1. The second-order valence-corrected chi connectivity index (χ2v) is 5.97. The summed E-state index contributed by atoms with van der Waals surface area (Å²) in [6.07, 6.45) is 2.84. The van der Waals surface area contributed by atoms with Gasteiger partial charge in [0.15, 0.2) is 12.4 Å². The molecule has 0 spiro atoms. The Bertz CT molecular complexity index is 992. The third-order valence-electron chi connectivity index (χ3n) is 3.59. The molecule has 2 aromatic carbocycles. The molecule has 138 valence electrons. The van der Waals surface area contributed by atoms with Gasteiger partial charge in [0.05, 0.1) is 16.9 Å². The number of Topliss-reactive ketones (excluding diaryl/α,β-unsaturated/α-hetero) is 1. The summed E-state index contributed by atoms with van der Waals surface area (Å²) in [7, 11) is 0. The third-order valence-corrected chi connectivity index (χ3v) is 3.82. The summed E-state index contributed by atoms with van der Waals surface area (Å²) in [5, 5.41) is 7.12. The molecular formula is C18H14ClFN4O3. The van der Waals surface area contributed by atoms with Crippen molar-refractivity contribution in [2.24, 2.45) is 0 Å². The number of anilines is 1. The van der Waals surface area contributed by atoms with Gasteiger partial charge in [0.25, 0.3) is 5.91 Å². The van der Waals surface area contributed by atoms with Crippen LogP contribution in [0.4, 0.5) is 10.1 Å². The zero-order valence-corrected chi connectivity index (χ0v) is 14.9. The molecule has 0 aliphatic rings. The molecule has 0 fully saturated rings. The van der Waals surface area contributed by atoms with Crippen LogP contribution in [0.5, 0.6) is 5.75 Å². The van der Waals surface area contributed by atoms with Crippen LogP contribution in [0.15, 0.2) is 49.1 Å². The van der Waals surface area contributed by atoms with E-state index in [0.717, 1.165) is 6.07 Å². The number of rotatable bonds is 6. The van der Waals surface area contributed by atoms with Gasteiger partial charge in [-0.2, -0.15) is 5.10 Å². The molecule has 0 unspecified atom stereocenters. The molecule has 0 atom stereocenters. The van der Waals surface area contributed by atoms with Crippen LogP contribution < -0.4 is 10.1 Å². The maximum Gasteiger partial charge on any atom is 0.262 e. The van der Waals surface area contributed by atoms with E-state index in [2.05, 4.69) is 15.4 Å². The van der Waals surface area contributed by atoms with Crippen molar-refractivity contribution in [1.29, 1.82) is 0 Å². The Morgan fingerprint density at radius 2 is 2.07 bits per heavy atom. The maximum atomic E-state index is 13.8. The highest BCUT2D eigenvalue weighted by Crippen LogP contribution is 2.24. The lowest BCUT2D eigenvalue weighted by Crippen LogP contribution is -2.21. The zero-order valence-electron chi connectivity index (χ0n) is 14.1. The highest BCUT2D eigenvalue weighted by atomic mass is 35.5. The first-order chi connectivity index (χ1) is 12.9. The third kappa shape index (κ3) is 4.48. The fourth-order valence-electron chi connectivity index (χ4n) is 2.35. The van der Waals surface area contributed by atoms with Crippen LogP contribution >= 0.6 is 11.6 Å². The van der Waals surface area contributed by atoms with Crippen LogP contribution in [-0.4, -0.2) is 33.1 Å². The van der Waals surface area contributed by atoms with Crippen LogP contribution in [0.2, 0.25) is 5.02 Å². The molecule has 1 amide bonds. The molecule has 3 aromatic rings.